The van der Waals surface area contributed by atoms with E-state index in [0.29, 0.717) is 17.9 Å². The van der Waals surface area contributed by atoms with E-state index in [0.717, 1.165) is 5.01 Å². The second kappa shape index (κ2) is 4.27. The van der Waals surface area contributed by atoms with Crippen LogP contribution in [0.4, 0.5) is 0 Å². The first-order chi connectivity index (χ1) is 7.25. The molecule has 15 heavy (non-hydrogen) atoms. The highest BCUT2D eigenvalue weighted by molar-refractivity contribution is 7.09. The lowest BCUT2D eigenvalue weighted by atomic mass is 10.2. The van der Waals surface area contributed by atoms with Crippen molar-refractivity contribution in [1.29, 1.82) is 0 Å². The highest BCUT2D eigenvalue weighted by atomic mass is 32.1. The number of carbonyl (C=O) groups excluding carboxylic acids is 1. The summed E-state index contributed by atoms with van der Waals surface area (Å²) in [6.07, 6.45) is 3.60. The maximum absolute atomic E-state index is 11.7. The lowest BCUT2D eigenvalue weighted by molar-refractivity contribution is 0.0987. The molecule has 0 saturated heterocycles. The number of hydrogen-bond acceptors (Lipinski definition) is 5. The number of carbonyl (C=O) groups is 1. The van der Waals surface area contributed by atoms with E-state index in [-0.39, 0.29) is 5.78 Å². The van der Waals surface area contributed by atoms with Gasteiger partial charge in [0.15, 0.2) is 5.78 Å². The molecule has 2 aromatic heterocycles. The Balaban J connectivity index is 2.15. The largest absolute Gasteiger partial charge is 0.292 e. The molecule has 0 radical (unpaired) electrons. The van der Waals surface area contributed by atoms with E-state index in [1.165, 1.54) is 11.3 Å². The van der Waals surface area contributed by atoms with Crippen LogP contribution >= 0.6 is 11.3 Å². The third kappa shape index (κ3) is 2.44. The Morgan fingerprint density at radius 2 is 2.27 bits per heavy atom. The number of nitrogens with zero attached hydrogens (tertiary/aromatic N) is 3. The average molecular weight is 219 g/mol. The third-order valence-corrected chi connectivity index (χ3v) is 2.64. The Bertz CT molecular complexity index is 467. The number of aryl methyl sites for hydroxylation is 1. The molecule has 0 amide bonds. The average Bonchev–Trinajstić information content (AvgIpc) is 2.70. The number of hydrogen-bond donors (Lipinski definition) is 0. The van der Waals surface area contributed by atoms with Gasteiger partial charge in [-0.05, 0) is 13.0 Å². The molecule has 0 aliphatic heterocycles. The van der Waals surface area contributed by atoms with Gasteiger partial charge in [0.1, 0.15) is 16.5 Å². The van der Waals surface area contributed by atoms with Crippen LogP contribution in [-0.2, 0) is 6.42 Å². The number of Topliss-reactive ketones (excluding diaryl/α,β-unsaturated/α-hetero) is 1. The maximum atomic E-state index is 11.7. The molecule has 0 saturated carbocycles. The van der Waals surface area contributed by atoms with Gasteiger partial charge in [-0.2, -0.15) is 0 Å². The van der Waals surface area contributed by atoms with Crippen LogP contribution in [0.1, 0.15) is 21.3 Å². The summed E-state index contributed by atoms with van der Waals surface area (Å²) in [5, 5.41) is 2.67. The summed E-state index contributed by atoms with van der Waals surface area (Å²) >= 11 is 1.47. The third-order valence-electron chi connectivity index (χ3n) is 1.86. The van der Waals surface area contributed by atoms with E-state index < -0.39 is 0 Å². The van der Waals surface area contributed by atoms with E-state index in [2.05, 4.69) is 15.0 Å². The van der Waals surface area contributed by atoms with E-state index in [9.17, 15) is 4.79 Å². The molecule has 76 valence electrons. The van der Waals surface area contributed by atoms with Gasteiger partial charge in [0.25, 0.3) is 0 Å². The minimum Gasteiger partial charge on any atom is -0.292 e. The lowest BCUT2D eigenvalue weighted by Crippen LogP contribution is -2.07. The minimum absolute atomic E-state index is 0.0181. The lowest BCUT2D eigenvalue weighted by Gasteiger charge is -1.98. The molecule has 0 N–H and O–H groups in total. The predicted molar refractivity (Wildman–Crippen MR) is 56.9 cm³/mol. The molecule has 2 rings (SSSR count). The maximum Gasteiger partial charge on any atom is 0.188 e. The normalized spacial score (nSPS) is 10.2. The van der Waals surface area contributed by atoms with E-state index >= 15 is 0 Å². The van der Waals surface area contributed by atoms with Crippen molar-refractivity contribution in [2.45, 2.75) is 13.3 Å². The quantitative estimate of drug-likeness (QED) is 0.737. The molecule has 0 bridgehead atoms. The van der Waals surface area contributed by atoms with Crippen molar-refractivity contribution in [1.82, 2.24) is 15.0 Å². The highest BCUT2D eigenvalue weighted by Gasteiger charge is 2.10. The molecule has 0 aliphatic carbocycles. The van der Waals surface area contributed by atoms with Gasteiger partial charge in [-0.1, -0.05) is 0 Å². The van der Waals surface area contributed by atoms with Crippen LogP contribution in [0.3, 0.4) is 0 Å². The summed E-state index contributed by atoms with van der Waals surface area (Å²) in [6, 6.07) is 1.63. The highest BCUT2D eigenvalue weighted by Crippen LogP contribution is 2.08. The Kier molecular flexibility index (Phi) is 2.82. The molecule has 0 atom stereocenters. The Morgan fingerprint density at radius 1 is 1.40 bits per heavy atom. The molecular formula is C10H9N3OS. The van der Waals surface area contributed by atoms with Gasteiger partial charge < -0.3 is 0 Å². The fourth-order valence-electron chi connectivity index (χ4n) is 1.18. The zero-order valence-corrected chi connectivity index (χ0v) is 8.99. The molecule has 0 spiro atoms. The van der Waals surface area contributed by atoms with Crippen molar-refractivity contribution >= 4 is 17.1 Å². The van der Waals surface area contributed by atoms with Gasteiger partial charge in [-0.3, -0.25) is 4.79 Å². The fourth-order valence-corrected chi connectivity index (χ4v) is 1.79. The molecular weight excluding hydrogens is 210 g/mol. The molecule has 5 heteroatoms. The number of rotatable bonds is 3. The van der Waals surface area contributed by atoms with E-state index in [1.807, 2.05) is 5.38 Å². The van der Waals surface area contributed by atoms with Crippen molar-refractivity contribution < 1.29 is 4.79 Å². The molecule has 2 heterocycles. The smallest absolute Gasteiger partial charge is 0.188 e. The molecule has 2 aromatic rings. The Morgan fingerprint density at radius 3 is 2.93 bits per heavy atom. The Hall–Kier alpha value is -1.62. The Labute approximate surface area is 91.0 Å². The van der Waals surface area contributed by atoms with Crippen LogP contribution in [-0.4, -0.2) is 20.7 Å². The monoisotopic (exact) mass is 219 g/mol. The van der Waals surface area contributed by atoms with E-state index in [1.54, 1.807) is 25.4 Å². The molecule has 0 aliphatic rings. The number of aromatic nitrogens is 3. The number of ketones is 1. The van der Waals surface area contributed by atoms with Gasteiger partial charge in [0, 0.05) is 17.8 Å². The molecule has 4 nitrogen and oxygen atoms in total. The van der Waals surface area contributed by atoms with Crippen LogP contribution < -0.4 is 0 Å². The van der Waals surface area contributed by atoms with Crippen molar-refractivity contribution in [2.75, 3.05) is 0 Å². The SMILES string of the molecule is Cc1nccc(C(=O)Cc2nccs2)n1. The predicted octanol–water partition coefficient (Wildman–Crippen LogP) is 1.67. The topological polar surface area (TPSA) is 55.7 Å². The second-order valence-electron chi connectivity index (χ2n) is 3.01. The van der Waals surface area contributed by atoms with Crippen LogP contribution in [0, 0.1) is 6.92 Å². The summed E-state index contributed by atoms with van der Waals surface area (Å²) in [7, 11) is 0. The van der Waals surface area contributed by atoms with Gasteiger partial charge in [0.05, 0.1) is 6.42 Å². The van der Waals surface area contributed by atoms with Crippen molar-refractivity contribution in [3.05, 3.63) is 40.4 Å². The summed E-state index contributed by atoms with van der Waals surface area (Å²) in [4.78, 5) is 23.8. The van der Waals surface area contributed by atoms with Crippen LogP contribution in [0.15, 0.2) is 23.8 Å². The summed E-state index contributed by atoms with van der Waals surface area (Å²) in [6.45, 7) is 1.76. The molecule has 0 fully saturated rings. The first-order valence-corrected chi connectivity index (χ1v) is 5.35. The first kappa shape index (κ1) is 9.92. The summed E-state index contributed by atoms with van der Waals surface area (Å²) in [5.74, 6) is 0.593. The zero-order valence-electron chi connectivity index (χ0n) is 8.17. The molecule has 0 unspecified atom stereocenters. The number of thiazole rings is 1. The fraction of sp³-hybridized carbons (Fsp3) is 0.200. The zero-order chi connectivity index (χ0) is 10.7. The van der Waals surface area contributed by atoms with Gasteiger partial charge >= 0.3 is 0 Å². The summed E-state index contributed by atoms with van der Waals surface area (Å²) in [5.41, 5.74) is 0.456. The van der Waals surface area contributed by atoms with Crippen molar-refractivity contribution in [3.8, 4) is 0 Å². The standard InChI is InChI=1S/C10H9N3OS/c1-7-11-3-2-8(13-7)9(14)6-10-12-4-5-15-10/h2-5H,6H2,1H3. The van der Waals surface area contributed by atoms with Crippen LogP contribution in [0.5, 0.6) is 0 Å². The van der Waals surface area contributed by atoms with Crippen molar-refractivity contribution in [3.63, 3.8) is 0 Å². The first-order valence-electron chi connectivity index (χ1n) is 4.47. The van der Waals surface area contributed by atoms with Gasteiger partial charge in [0.2, 0.25) is 0 Å². The molecule has 0 aromatic carbocycles. The van der Waals surface area contributed by atoms with Crippen LogP contribution in [0.25, 0.3) is 0 Å². The van der Waals surface area contributed by atoms with Crippen LogP contribution in [0.2, 0.25) is 0 Å². The van der Waals surface area contributed by atoms with Gasteiger partial charge in [-0.15, -0.1) is 11.3 Å². The summed E-state index contributed by atoms with van der Waals surface area (Å²) < 4.78 is 0. The minimum atomic E-state index is -0.0181. The van der Waals surface area contributed by atoms with Crippen molar-refractivity contribution in [2.24, 2.45) is 0 Å². The van der Waals surface area contributed by atoms with E-state index in [4.69, 9.17) is 0 Å². The van der Waals surface area contributed by atoms with Gasteiger partial charge in [-0.25, -0.2) is 15.0 Å². The second-order valence-corrected chi connectivity index (χ2v) is 3.99.